The molecule has 0 aromatic heterocycles. The predicted molar refractivity (Wildman–Crippen MR) is 111 cm³/mol. The van der Waals surface area contributed by atoms with Gasteiger partial charge in [-0.3, -0.25) is 24.5 Å². The molecule has 0 saturated carbocycles. The van der Waals surface area contributed by atoms with Crippen LogP contribution in [0.25, 0.3) is 0 Å². The minimum Gasteiger partial charge on any atom is -0.508 e. The zero-order valence-corrected chi connectivity index (χ0v) is 17.8. The molecule has 2 N–H and O–H groups in total. The quantitative estimate of drug-likeness (QED) is 0.359. The van der Waals surface area contributed by atoms with Crippen LogP contribution < -0.4 is 5.32 Å². The SMILES string of the molecule is O=C1C=C(Br)C(=O)C2=C1C(c1cc(Cl)ccc1O)C1=CCC3C(=O)NC(=O)C3C1C2. The van der Waals surface area contributed by atoms with Gasteiger partial charge in [0, 0.05) is 33.7 Å². The second-order valence-corrected chi connectivity index (χ2v) is 9.24. The third-order valence-electron chi connectivity index (χ3n) is 6.47. The maximum Gasteiger partial charge on any atom is 0.231 e. The van der Waals surface area contributed by atoms with Crippen LogP contribution >= 0.6 is 27.5 Å². The lowest BCUT2D eigenvalue weighted by Crippen LogP contribution is -2.39. The summed E-state index contributed by atoms with van der Waals surface area (Å²) in [6, 6.07) is 4.56. The highest BCUT2D eigenvalue weighted by Crippen LogP contribution is 2.55. The maximum absolute atomic E-state index is 13.0. The molecule has 4 unspecified atom stereocenters. The van der Waals surface area contributed by atoms with Crippen molar-refractivity contribution in [3.8, 4) is 5.75 Å². The summed E-state index contributed by atoms with van der Waals surface area (Å²) in [6.07, 6.45) is 3.67. The molecule has 1 aromatic rings. The Hall–Kier alpha value is -2.51. The van der Waals surface area contributed by atoms with E-state index in [9.17, 15) is 24.3 Å². The number of hydrogen-bond donors (Lipinski definition) is 2. The number of allylic oxidation sites excluding steroid dienone is 6. The molecule has 152 valence electrons. The minimum absolute atomic E-state index is 0.0549. The first-order valence-electron chi connectivity index (χ1n) is 9.50. The second-order valence-electron chi connectivity index (χ2n) is 7.95. The second kappa shape index (κ2) is 6.75. The number of ketones is 2. The van der Waals surface area contributed by atoms with Crippen LogP contribution in [0.4, 0.5) is 0 Å². The number of carbonyl (C=O) groups excluding carboxylic acids is 4. The largest absolute Gasteiger partial charge is 0.508 e. The number of aromatic hydroxyl groups is 1. The van der Waals surface area contributed by atoms with Crippen molar-refractivity contribution in [2.75, 3.05) is 0 Å². The highest BCUT2D eigenvalue weighted by atomic mass is 79.9. The lowest BCUT2D eigenvalue weighted by atomic mass is 9.59. The summed E-state index contributed by atoms with van der Waals surface area (Å²) in [5.41, 5.74) is 1.78. The number of halogens is 2. The molecule has 1 aliphatic heterocycles. The molecular weight excluding hydrogens is 474 g/mol. The van der Waals surface area contributed by atoms with Crippen LogP contribution in [0, 0.1) is 17.8 Å². The molecule has 1 saturated heterocycles. The highest BCUT2D eigenvalue weighted by Gasteiger charge is 2.53. The van der Waals surface area contributed by atoms with E-state index in [4.69, 9.17) is 11.6 Å². The number of phenolic OH excluding ortho intramolecular Hbond substituents is 1. The number of fused-ring (bicyclic) bond motifs is 3. The van der Waals surface area contributed by atoms with Crippen molar-refractivity contribution in [3.05, 3.63) is 62.1 Å². The molecule has 0 radical (unpaired) electrons. The summed E-state index contributed by atoms with van der Waals surface area (Å²) in [5.74, 6) is -3.60. The molecule has 1 aromatic carbocycles. The van der Waals surface area contributed by atoms with Crippen LogP contribution in [0.3, 0.4) is 0 Å². The highest BCUT2D eigenvalue weighted by molar-refractivity contribution is 9.12. The van der Waals surface area contributed by atoms with Gasteiger partial charge in [-0.1, -0.05) is 23.3 Å². The van der Waals surface area contributed by atoms with Gasteiger partial charge in [-0.25, -0.2) is 0 Å². The zero-order chi connectivity index (χ0) is 21.3. The van der Waals surface area contributed by atoms with Gasteiger partial charge in [0.1, 0.15) is 5.75 Å². The number of imide groups is 1. The average Bonchev–Trinajstić information content (AvgIpc) is 3.00. The van der Waals surface area contributed by atoms with Gasteiger partial charge in [0.2, 0.25) is 11.8 Å². The van der Waals surface area contributed by atoms with E-state index in [1.807, 2.05) is 6.08 Å². The third-order valence-corrected chi connectivity index (χ3v) is 7.30. The summed E-state index contributed by atoms with van der Waals surface area (Å²) in [5, 5.41) is 13.4. The molecule has 0 bridgehead atoms. The summed E-state index contributed by atoms with van der Waals surface area (Å²) < 4.78 is 0.159. The number of benzene rings is 1. The smallest absolute Gasteiger partial charge is 0.231 e. The Morgan fingerprint density at radius 2 is 1.87 bits per heavy atom. The molecule has 5 rings (SSSR count). The van der Waals surface area contributed by atoms with Crippen molar-refractivity contribution in [1.82, 2.24) is 5.32 Å². The van der Waals surface area contributed by atoms with E-state index in [0.29, 0.717) is 28.2 Å². The normalized spacial score (nSPS) is 30.3. The maximum atomic E-state index is 13.0. The molecule has 6 nitrogen and oxygen atoms in total. The first-order valence-corrected chi connectivity index (χ1v) is 10.7. The van der Waals surface area contributed by atoms with Crippen molar-refractivity contribution in [2.45, 2.75) is 18.8 Å². The number of carbonyl (C=O) groups is 4. The predicted octanol–water partition coefficient (Wildman–Crippen LogP) is 3.10. The molecule has 1 heterocycles. The van der Waals surface area contributed by atoms with Crippen molar-refractivity contribution < 1.29 is 24.3 Å². The van der Waals surface area contributed by atoms with Crippen molar-refractivity contribution in [2.24, 2.45) is 17.8 Å². The molecule has 0 spiro atoms. The number of nitrogens with one attached hydrogen (secondary N) is 1. The Morgan fingerprint density at radius 1 is 1.10 bits per heavy atom. The van der Waals surface area contributed by atoms with Crippen molar-refractivity contribution in [1.29, 1.82) is 0 Å². The van der Waals surface area contributed by atoms with Crippen molar-refractivity contribution in [3.63, 3.8) is 0 Å². The van der Waals surface area contributed by atoms with Gasteiger partial charge in [-0.15, -0.1) is 0 Å². The fourth-order valence-corrected chi connectivity index (χ4v) is 5.86. The van der Waals surface area contributed by atoms with E-state index < -0.39 is 23.7 Å². The van der Waals surface area contributed by atoms with E-state index >= 15 is 0 Å². The first-order chi connectivity index (χ1) is 14.3. The van der Waals surface area contributed by atoms with Crippen molar-refractivity contribution >= 4 is 50.9 Å². The lowest BCUT2D eigenvalue weighted by molar-refractivity contribution is -0.126. The van der Waals surface area contributed by atoms with E-state index in [-0.39, 0.29) is 40.0 Å². The van der Waals surface area contributed by atoms with Gasteiger partial charge in [0.05, 0.1) is 16.3 Å². The molecule has 8 heteroatoms. The summed E-state index contributed by atoms with van der Waals surface area (Å²) >= 11 is 9.34. The Labute approximate surface area is 184 Å². The van der Waals surface area contributed by atoms with E-state index in [1.54, 1.807) is 6.07 Å². The van der Waals surface area contributed by atoms with E-state index in [2.05, 4.69) is 21.2 Å². The summed E-state index contributed by atoms with van der Waals surface area (Å²) in [7, 11) is 0. The number of amides is 2. The molecule has 30 heavy (non-hydrogen) atoms. The lowest BCUT2D eigenvalue weighted by Gasteiger charge is -2.42. The Bertz CT molecular complexity index is 1160. The summed E-state index contributed by atoms with van der Waals surface area (Å²) in [4.78, 5) is 50.8. The van der Waals surface area contributed by atoms with E-state index in [0.717, 1.165) is 5.57 Å². The van der Waals surface area contributed by atoms with Crippen LogP contribution in [0.1, 0.15) is 24.3 Å². The number of hydrogen-bond acceptors (Lipinski definition) is 5. The van der Waals surface area contributed by atoms with Crippen LogP contribution in [-0.4, -0.2) is 28.5 Å². The minimum atomic E-state index is -0.713. The zero-order valence-electron chi connectivity index (χ0n) is 15.4. The fourth-order valence-electron chi connectivity index (χ4n) is 5.23. The Balaban J connectivity index is 1.75. The monoisotopic (exact) mass is 487 g/mol. The molecular formula is C22H15BrClNO5. The Morgan fingerprint density at radius 3 is 2.63 bits per heavy atom. The van der Waals surface area contributed by atoms with Crippen LogP contribution in [0.2, 0.25) is 5.02 Å². The Kier molecular flexibility index (Phi) is 4.38. The summed E-state index contributed by atoms with van der Waals surface area (Å²) in [6.45, 7) is 0. The van der Waals surface area contributed by atoms with Gasteiger partial charge in [-0.2, -0.15) is 0 Å². The van der Waals surface area contributed by atoms with Gasteiger partial charge in [0.25, 0.3) is 0 Å². The fraction of sp³-hybridized carbons (Fsp3) is 0.273. The number of Topliss-reactive ketones (excluding diaryl/α,β-unsaturated/α-hetero) is 1. The molecule has 4 atom stereocenters. The van der Waals surface area contributed by atoms with Gasteiger partial charge >= 0.3 is 0 Å². The molecule has 1 fully saturated rings. The third kappa shape index (κ3) is 2.68. The molecule has 3 aliphatic carbocycles. The molecule has 4 aliphatic rings. The van der Waals surface area contributed by atoms with Gasteiger partial charge < -0.3 is 5.11 Å². The average molecular weight is 489 g/mol. The topological polar surface area (TPSA) is 101 Å². The molecule has 2 amide bonds. The van der Waals surface area contributed by atoms with Crippen LogP contribution in [-0.2, 0) is 19.2 Å². The standard InChI is InChI=1S/C22H15BrClNO5/c23-14-7-16(27)19-13(20(14)28)6-11-9(2-3-10-18(11)22(30)25-21(10)29)17(19)12-5-8(24)1-4-15(12)26/h1-2,4-5,7,10-11,17-18,26H,3,6H2,(H,25,29,30). The van der Waals surface area contributed by atoms with E-state index in [1.165, 1.54) is 18.2 Å². The number of rotatable bonds is 1. The van der Waals surface area contributed by atoms with Crippen LogP contribution in [0.15, 0.2) is 51.6 Å². The van der Waals surface area contributed by atoms with Gasteiger partial charge in [0.15, 0.2) is 11.6 Å². The van der Waals surface area contributed by atoms with Crippen LogP contribution in [0.5, 0.6) is 5.75 Å². The van der Waals surface area contributed by atoms with Gasteiger partial charge in [-0.05, 0) is 52.9 Å². The number of phenols is 1. The first kappa shape index (κ1) is 19.5.